The smallest absolute Gasteiger partial charge is 0.169 e. The van der Waals surface area contributed by atoms with E-state index in [0.29, 0.717) is 6.42 Å². The van der Waals surface area contributed by atoms with Crippen LogP contribution in [0.3, 0.4) is 0 Å². The second kappa shape index (κ2) is 5.53. The molecule has 0 saturated heterocycles. The largest absolute Gasteiger partial charge is 0.294 e. The molecule has 0 fully saturated rings. The number of Topliss-reactive ketones (excluding diaryl/α,β-unsaturated/α-hetero) is 1. The van der Waals surface area contributed by atoms with Crippen LogP contribution in [0.2, 0.25) is 0 Å². The average Bonchev–Trinajstić information content (AvgIpc) is 1.98. The fourth-order valence-electron chi connectivity index (χ4n) is 0.726. The lowest BCUT2D eigenvalue weighted by molar-refractivity contribution is -0.115. The third kappa shape index (κ3) is 4.35. The molecule has 0 radical (unpaired) electrons. The fourth-order valence-corrected chi connectivity index (χ4v) is 0.924. The van der Waals surface area contributed by atoms with Gasteiger partial charge in [-0.2, -0.15) is 0 Å². The van der Waals surface area contributed by atoms with Gasteiger partial charge in [0.05, 0.1) is 4.48 Å². The number of allylic oxidation sites excluding steroid dienone is 2. The van der Waals surface area contributed by atoms with E-state index in [1.165, 1.54) is 0 Å². The van der Waals surface area contributed by atoms with Crippen molar-refractivity contribution in [1.82, 2.24) is 0 Å². The van der Waals surface area contributed by atoms with Crippen molar-refractivity contribution in [2.24, 2.45) is 0 Å². The Bertz CT molecular complexity index is 166. The molecule has 0 rings (SSSR count). The third-order valence-corrected chi connectivity index (χ3v) is 2.68. The van der Waals surface area contributed by atoms with Gasteiger partial charge in [-0.15, -0.1) is 0 Å². The zero-order chi connectivity index (χ0) is 8.85. The predicted molar refractivity (Wildman–Crippen MR) is 51.8 cm³/mol. The van der Waals surface area contributed by atoms with Crippen molar-refractivity contribution in [1.29, 1.82) is 0 Å². The fraction of sp³-hybridized carbons (Fsp3) is 0.667. The van der Waals surface area contributed by atoms with Gasteiger partial charge in [0.25, 0.3) is 0 Å². The molecule has 0 saturated carbocycles. The van der Waals surface area contributed by atoms with Crippen LogP contribution in [0, 0.1) is 0 Å². The quantitative estimate of drug-likeness (QED) is 0.662. The van der Waals surface area contributed by atoms with Crippen molar-refractivity contribution in [3.05, 3.63) is 10.1 Å². The number of ketones is 1. The van der Waals surface area contributed by atoms with Crippen LogP contribution in [0.25, 0.3) is 0 Å². The van der Waals surface area contributed by atoms with Gasteiger partial charge in [0.1, 0.15) is 0 Å². The van der Waals surface area contributed by atoms with Gasteiger partial charge in [-0.25, -0.2) is 0 Å². The molecular weight excluding hydrogens is 204 g/mol. The van der Waals surface area contributed by atoms with Gasteiger partial charge >= 0.3 is 0 Å². The van der Waals surface area contributed by atoms with E-state index < -0.39 is 0 Å². The maximum atomic E-state index is 11.2. The predicted octanol–water partition coefficient (Wildman–Crippen LogP) is 3.43. The summed E-state index contributed by atoms with van der Waals surface area (Å²) in [6.07, 6.45) is 2.73. The molecule has 0 heterocycles. The SMILES string of the molecule is CCCCC(=O)C(Br)=C(C)C. The highest BCUT2D eigenvalue weighted by Crippen LogP contribution is 2.15. The van der Waals surface area contributed by atoms with Crippen LogP contribution in [0.4, 0.5) is 0 Å². The van der Waals surface area contributed by atoms with Gasteiger partial charge in [-0.1, -0.05) is 18.9 Å². The van der Waals surface area contributed by atoms with E-state index in [9.17, 15) is 4.79 Å². The Morgan fingerprint density at radius 3 is 2.27 bits per heavy atom. The molecule has 1 nitrogen and oxygen atoms in total. The van der Waals surface area contributed by atoms with Crippen molar-refractivity contribution in [3.63, 3.8) is 0 Å². The summed E-state index contributed by atoms with van der Waals surface area (Å²) in [6, 6.07) is 0. The number of carbonyl (C=O) groups is 1. The van der Waals surface area contributed by atoms with Gasteiger partial charge in [0.2, 0.25) is 0 Å². The van der Waals surface area contributed by atoms with Crippen LogP contribution >= 0.6 is 15.9 Å². The van der Waals surface area contributed by atoms with Gasteiger partial charge in [0, 0.05) is 6.42 Å². The van der Waals surface area contributed by atoms with Gasteiger partial charge in [-0.05, 0) is 36.2 Å². The zero-order valence-corrected chi connectivity index (χ0v) is 8.99. The zero-order valence-electron chi connectivity index (χ0n) is 7.41. The van der Waals surface area contributed by atoms with Crippen molar-refractivity contribution in [2.75, 3.05) is 0 Å². The maximum absolute atomic E-state index is 11.2. The maximum Gasteiger partial charge on any atom is 0.169 e. The van der Waals surface area contributed by atoms with Crippen LogP contribution < -0.4 is 0 Å². The first-order valence-electron chi connectivity index (χ1n) is 3.95. The lowest BCUT2D eigenvalue weighted by Crippen LogP contribution is -1.97. The van der Waals surface area contributed by atoms with E-state index >= 15 is 0 Å². The molecule has 0 aliphatic heterocycles. The minimum absolute atomic E-state index is 0.229. The average molecular weight is 219 g/mol. The number of carbonyl (C=O) groups excluding carboxylic acids is 1. The number of rotatable bonds is 4. The van der Waals surface area contributed by atoms with Crippen LogP contribution in [-0.4, -0.2) is 5.78 Å². The summed E-state index contributed by atoms with van der Waals surface area (Å²) >= 11 is 3.27. The molecule has 64 valence electrons. The van der Waals surface area contributed by atoms with Crippen molar-refractivity contribution < 1.29 is 4.79 Å². The first-order chi connectivity index (χ1) is 5.09. The summed E-state index contributed by atoms with van der Waals surface area (Å²) in [5.41, 5.74) is 1.06. The van der Waals surface area contributed by atoms with Crippen molar-refractivity contribution in [2.45, 2.75) is 40.0 Å². The summed E-state index contributed by atoms with van der Waals surface area (Å²) < 4.78 is 0.756. The number of halogens is 1. The molecule has 0 aliphatic rings. The Morgan fingerprint density at radius 2 is 1.91 bits per heavy atom. The molecule has 0 aromatic carbocycles. The normalized spacial score (nSPS) is 9.45. The molecule has 0 unspecified atom stereocenters. The molecule has 11 heavy (non-hydrogen) atoms. The number of unbranched alkanes of at least 4 members (excludes halogenated alkanes) is 1. The Hall–Kier alpha value is -0.110. The van der Waals surface area contributed by atoms with Crippen LogP contribution in [0.1, 0.15) is 40.0 Å². The standard InChI is InChI=1S/C9H15BrO/c1-4-5-6-8(11)9(10)7(2)3/h4-6H2,1-3H3. The van der Waals surface area contributed by atoms with Crippen molar-refractivity contribution in [3.8, 4) is 0 Å². The minimum atomic E-state index is 0.229. The molecule has 0 aromatic rings. The third-order valence-electron chi connectivity index (χ3n) is 1.44. The van der Waals surface area contributed by atoms with Crippen LogP contribution in [0.5, 0.6) is 0 Å². The Labute approximate surface area is 77.0 Å². The van der Waals surface area contributed by atoms with Gasteiger partial charge in [0.15, 0.2) is 5.78 Å². The number of hydrogen-bond donors (Lipinski definition) is 0. The van der Waals surface area contributed by atoms with E-state index in [4.69, 9.17) is 0 Å². The van der Waals surface area contributed by atoms with Gasteiger partial charge in [-0.3, -0.25) is 4.79 Å². The van der Waals surface area contributed by atoms with E-state index in [2.05, 4.69) is 22.9 Å². The Morgan fingerprint density at radius 1 is 1.36 bits per heavy atom. The topological polar surface area (TPSA) is 17.1 Å². The number of hydrogen-bond acceptors (Lipinski definition) is 1. The second-order valence-corrected chi connectivity index (χ2v) is 3.63. The summed E-state index contributed by atoms with van der Waals surface area (Å²) in [5.74, 6) is 0.229. The molecule has 0 N–H and O–H groups in total. The lowest BCUT2D eigenvalue weighted by Gasteiger charge is -1.99. The first-order valence-corrected chi connectivity index (χ1v) is 4.75. The van der Waals surface area contributed by atoms with E-state index in [0.717, 1.165) is 22.9 Å². The van der Waals surface area contributed by atoms with E-state index in [1.807, 2.05) is 13.8 Å². The highest BCUT2D eigenvalue weighted by molar-refractivity contribution is 9.12. The highest BCUT2D eigenvalue weighted by Gasteiger charge is 2.05. The molecule has 0 amide bonds. The molecule has 0 aromatic heterocycles. The Balaban J connectivity index is 3.95. The minimum Gasteiger partial charge on any atom is -0.294 e. The first kappa shape index (κ1) is 10.9. The molecule has 0 spiro atoms. The monoisotopic (exact) mass is 218 g/mol. The van der Waals surface area contributed by atoms with Crippen LogP contribution in [0.15, 0.2) is 10.1 Å². The lowest BCUT2D eigenvalue weighted by atomic mass is 10.1. The molecule has 0 bridgehead atoms. The Kier molecular flexibility index (Phi) is 5.47. The van der Waals surface area contributed by atoms with E-state index in [1.54, 1.807) is 0 Å². The molecular formula is C9H15BrO. The van der Waals surface area contributed by atoms with Crippen LogP contribution in [-0.2, 0) is 4.79 Å². The molecule has 0 aliphatic carbocycles. The van der Waals surface area contributed by atoms with E-state index in [-0.39, 0.29) is 5.78 Å². The second-order valence-electron chi connectivity index (χ2n) is 2.84. The summed E-state index contributed by atoms with van der Waals surface area (Å²) in [7, 11) is 0. The summed E-state index contributed by atoms with van der Waals surface area (Å²) in [6.45, 7) is 5.96. The molecule has 2 heteroatoms. The summed E-state index contributed by atoms with van der Waals surface area (Å²) in [4.78, 5) is 11.2. The molecule has 0 atom stereocenters. The highest BCUT2D eigenvalue weighted by atomic mass is 79.9. The van der Waals surface area contributed by atoms with Gasteiger partial charge < -0.3 is 0 Å². The summed E-state index contributed by atoms with van der Waals surface area (Å²) in [5, 5.41) is 0. The van der Waals surface area contributed by atoms with Crippen molar-refractivity contribution >= 4 is 21.7 Å².